The van der Waals surface area contributed by atoms with Crippen molar-refractivity contribution in [2.45, 2.75) is 39.2 Å². The van der Waals surface area contributed by atoms with Crippen LogP contribution in [0.5, 0.6) is 0 Å². The van der Waals surface area contributed by atoms with Crippen molar-refractivity contribution >= 4 is 5.91 Å². The molecule has 0 saturated carbocycles. The minimum Gasteiger partial charge on any atom is -0.339 e. The summed E-state index contributed by atoms with van der Waals surface area (Å²) in [5.41, 5.74) is 0. The Bertz CT molecular complexity index is 408. The molecule has 19 heavy (non-hydrogen) atoms. The summed E-state index contributed by atoms with van der Waals surface area (Å²) in [6.07, 6.45) is 1.97. The van der Waals surface area contributed by atoms with Gasteiger partial charge in [-0.1, -0.05) is 13.8 Å². The van der Waals surface area contributed by atoms with Crippen LogP contribution in [0.25, 0.3) is 0 Å². The van der Waals surface area contributed by atoms with Gasteiger partial charge in [-0.05, 0) is 23.3 Å². The molecule has 0 radical (unpaired) electrons. The van der Waals surface area contributed by atoms with Crippen LogP contribution in [0.2, 0.25) is 0 Å². The zero-order valence-electron chi connectivity index (χ0n) is 11.7. The highest BCUT2D eigenvalue weighted by atomic mass is 16.2. The maximum absolute atomic E-state index is 12.2. The molecule has 7 heteroatoms. The maximum atomic E-state index is 12.2. The van der Waals surface area contributed by atoms with Crippen molar-refractivity contribution in [3.05, 3.63) is 5.82 Å². The molecular formula is C12H22N6O. The molecule has 0 bridgehead atoms. The zero-order valence-corrected chi connectivity index (χ0v) is 11.7. The third-order valence-electron chi connectivity index (χ3n) is 3.67. The SMILES string of the molecule is CCC(CC)c1nnnn1CC(=O)N1CCNCC1. The molecule has 1 aliphatic rings. The summed E-state index contributed by atoms with van der Waals surface area (Å²) in [5.74, 6) is 1.25. The molecule has 1 N–H and O–H groups in total. The first kappa shape index (κ1) is 13.9. The van der Waals surface area contributed by atoms with Gasteiger partial charge in [0.2, 0.25) is 5.91 Å². The Morgan fingerprint density at radius 1 is 1.32 bits per heavy atom. The first-order valence-electron chi connectivity index (χ1n) is 7.00. The zero-order chi connectivity index (χ0) is 13.7. The number of rotatable bonds is 5. The molecular weight excluding hydrogens is 244 g/mol. The second-order valence-electron chi connectivity index (χ2n) is 4.84. The lowest BCUT2D eigenvalue weighted by Crippen LogP contribution is -2.47. The predicted molar refractivity (Wildman–Crippen MR) is 70.6 cm³/mol. The first-order chi connectivity index (χ1) is 9.26. The Balaban J connectivity index is 2.02. The van der Waals surface area contributed by atoms with E-state index >= 15 is 0 Å². The second-order valence-corrected chi connectivity index (χ2v) is 4.84. The average Bonchev–Trinajstić information content (AvgIpc) is 2.89. The van der Waals surface area contributed by atoms with E-state index in [0.717, 1.165) is 44.8 Å². The number of hydrogen-bond acceptors (Lipinski definition) is 5. The number of carbonyl (C=O) groups excluding carboxylic acids is 1. The van der Waals surface area contributed by atoms with Crippen molar-refractivity contribution in [1.29, 1.82) is 0 Å². The molecule has 2 heterocycles. The number of carbonyl (C=O) groups is 1. The smallest absolute Gasteiger partial charge is 0.244 e. The molecule has 106 valence electrons. The Labute approximate surface area is 113 Å². The first-order valence-corrected chi connectivity index (χ1v) is 7.00. The molecule has 0 atom stereocenters. The second kappa shape index (κ2) is 6.60. The largest absolute Gasteiger partial charge is 0.339 e. The number of aromatic nitrogens is 4. The van der Waals surface area contributed by atoms with Gasteiger partial charge in [0, 0.05) is 32.1 Å². The molecule has 0 unspecified atom stereocenters. The predicted octanol–water partition coefficient (Wildman–Crippen LogP) is 0.00850. The van der Waals surface area contributed by atoms with Crippen molar-refractivity contribution in [2.75, 3.05) is 26.2 Å². The van der Waals surface area contributed by atoms with E-state index < -0.39 is 0 Å². The maximum Gasteiger partial charge on any atom is 0.244 e. The molecule has 0 aromatic carbocycles. The molecule has 1 fully saturated rings. The highest BCUT2D eigenvalue weighted by molar-refractivity contribution is 5.76. The van der Waals surface area contributed by atoms with Gasteiger partial charge in [0.05, 0.1) is 0 Å². The third kappa shape index (κ3) is 3.28. The van der Waals surface area contributed by atoms with Crippen LogP contribution < -0.4 is 5.32 Å². The lowest BCUT2D eigenvalue weighted by Gasteiger charge is -2.27. The van der Waals surface area contributed by atoms with Gasteiger partial charge in [-0.25, -0.2) is 4.68 Å². The Kier molecular flexibility index (Phi) is 4.84. The summed E-state index contributed by atoms with van der Waals surface area (Å²) in [7, 11) is 0. The van der Waals surface area contributed by atoms with E-state index in [9.17, 15) is 4.79 Å². The topological polar surface area (TPSA) is 75.9 Å². The van der Waals surface area contributed by atoms with E-state index in [1.807, 2.05) is 4.90 Å². The van der Waals surface area contributed by atoms with Crippen LogP contribution in [0.3, 0.4) is 0 Å². The fraction of sp³-hybridized carbons (Fsp3) is 0.833. The van der Waals surface area contributed by atoms with E-state index in [0.29, 0.717) is 5.92 Å². The number of nitrogens with zero attached hydrogens (tertiary/aromatic N) is 5. The number of amides is 1. The van der Waals surface area contributed by atoms with E-state index in [-0.39, 0.29) is 12.5 Å². The van der Waals surface area contributed by atoms with Crippen LogP contribution in [0.1, 0.15) is 38.4 Å². The van der Waals surface area contributed by atoms with Gasteiger partial charge in [-0.3, -0.25) is 4.79 Å². The van der Waals surface area contributed by atoms with Gasteiger partial charge in [-0.2, -0.15) is 0 Å². The molecule has 1 aromatic heterocycles. The monoisotopic (exact) mass is 266 g/mol. The van der Waals surface area contributed by atoms with Crippen molar-refractivity contribution < 1.29 is 4.79 Å². The van der Waals surface area contributed by atoms with Gasteiger partial charge in [-0.15, -0.1) is 5.10 Å². The molecule has 7 nitrogen and oxygen atoms in total. The minimum atomic E-state index is 0.0982. The summed E-state index contributed by atoms with van der Waals surface area (Å²) in [6, 6.07) is 0. The van der Waals surface area contributed by atoms with Crippen molar-refractivity contribution in [3.8, 4) is 0 Å². The quantitative estimate of drug-likeness (QED) is 0.812. The van der Waals surface area contributed by atoms with E-state index in [1.165, 1.54) is 0 Å². The van der Waals surface area contributed by atoms with Crippen LogP contribution in [0.4, 0.5) is 0 Å². The van der Waals surface area contributed by atoms with Crippen LogP contribution in [-0.2, 0) is 11.3 Å². The van der Waals surface area contributed by atoms with Crippen LogP contribution in [-0.4, -0.2) is 57.2 Å². The molecule has 0 spiro atoms. The van der Waals surface area contributed by atoms with E-state index in [1.54, 1.807) is 4.68 Å². The summed E-state index contributed by atoms with van der Waals surface area (Å²) < 4.78 is 1.65. The summed E-state index contributed by atoms with van der Waals surface area (Å²) >= 11 is 0. The summed E-state index contributed by atoms with van der Waals surface area (Å²) in [4.78, 5) is 14.1. The third-order valence-corrected chi connectivity index (χ3v) is 3.67. The fourth-order valence-electron chi connectivity index (χ4n) is 2.41. The van der Waals surface area contributed by atoms with Crippen LogP contribution in [0.15, 0.2) is 0 Å². The Hall–Kier alpha value is -1.50. The van der Waals surface area contributed by atoms with Gasteiger partial charge in [0.1, 0.15) is 6.54 Å². The van der Waals surface area contributed by atoms with Gasteiger partial charge < -0.3 is 10.2 Å². The van der Waals surface area contributed by atoms with E-state index in [2.05, 4.69) is 34.7 Å². The van der Waals surface area contributed by atoms with Crippen LogP contribution in [0, 0.1) is 0 Å². The van der Waals surface area contributed by atoms with Gasteiger partial charge >= 0.3 is 0 Å². The lowest BCUT2D eigenvalue weighted by molar-refractivity contribution is -0.132. The van der Waals surface area contributed by atoms with Crippen molar-refractivity contribution in [2.24, 2.45) is 0 Å². The number of nitrogens with one attached hydrogen (secondary N) is 1. The van der Waals surface area contributed by atoms with E-state index in [4.69, 9.17) is 0 Å². The summed E-state index contributed by atoms with van der Waals surface area (Å²) in [5, 5.41) is 15.0. The van der Waals surface area contributed by atoms with Gasteiger partial charge in [0.25, 0.3) is 0 Å². The molecule has 0 aliphatic carbocycles. The number of piperazine rings is 1. The molecule has 2 rings (SSSR count). The average molecular weight is 266 g/mol. The molecule has 1 aromatic rings. The molecule has 1 aliphatic heterocycles. The highest BCUT2D eigenvalue weighted by Crippen LogP contribution is 2.19. The number of hydrogen-bond donors (Lipinski definition) is 1. The Morgan fingerprint density at radius 2 is 2.00 bits per heavy atom. The van der Waals surface area contributed by atoms with Crippen molar-refractivity contribution in [3.63, 3.8) is 0 Å². The summed E-state index contributed by atoms with van der Waals surface area (Å²) in [6.45, 7) is 7.74. The Morgan fingerprint density at radius 3 is 2.63 bits per heavy atom. The minimum absolute atomic E-state index is 0.0982. The standard InChI is InChI=1S/C12H22N6O/c1-3-10(4-2)12-14-15-16-18(12)9-11(19)17-7-5-13-6-8-17/h10,13H,3-9H2,1-2H3. The van der Waals surface area contributed by atoms with Gasteiger partial charge in [0.15, 0.2) is 5.82 Å². The number of tetrazole rings is 1. The lowest BCUT2D eigenvalue weighted by atomic mass is 10.0. The normalized spacial score (nSPS) is 16.1. The van der Waals surface area contributed by atoms with Crippen LogP contribution >= 0.6 is 0 Å². The molecule has 1 amide bonds. The molecule has 1 saturated heterocycles. The van der Waals surface area contributed by atoms with Crippen molar-refractivity contribution in [1.82, 2.24) is 30.4 Å². The highest BCUT2D eigenvalue weighted by Gasteiger charge is 2.21. The fourth-order valence-corrected chi connectivity index (χ4v) is 2.41.